The Morgan fingerprint density at radius 3 is 1.48 bits per heavy atom. The van der Waals surface area contributed by atoms with Crippen LogP contribution in [0.2, 0.25) is 0 Å². The Balaban J connectivity index is -0.000000213. The van der Waals surface area contributed by atoms with Crippen molar-refractivity contribution in [3.63, 3.8) is 0 Å². The lowest BCUT2D eigenvalue weighted by molar-refractivity contribution is 0.253. The van der Waals surface area contributed by atoms with Crippen LogP contribution in [0.5, 0.6) is 0 Å². The van der Waals surface area contributed by atoms with E-state index in [1.165, 1.54) is 7.11 Å². The van der Waals surface area contributed by atoms with Crippen molar-refractivity contribution in [3.05, 3.63) is 0 Å². The summed E-state index contributed by atoms with van der Waals surface area (Å²) in [5.41, 5.74) is 0. The molecule has 0 fully saturated rings. The molecular weight excluding hydrogens is 377 g/mol. The van der Waals surface area contributed by atoms with Gasteiger partial charge in [-0.1, -0.05) is 52.9 Å². The van der Waals surface area contributed by atoms with Gasteiger partial charge in [-0.15, -0.1) is 49.6 Å². The predicted octanol–water partition coefficient (Wildman–Crippen LogP) is 6.42. The Labute approximate surface area is 155 Å². The monoisotopic (exact) mass is 408 g/mol. The SMILES string of the molecule is CCCCC(CCC)(CCCC)P(=O)(O)OC.Cl.Cl.Cl.Cl. The van der Waals surface area contributed by atoms with E-state index in [1.807, 2.05) is 0 Å². The fourth-order valence-electron chi connectivity index (χ4n) is 2.47. The van der Waals surface area contributed by atoms with Crippen LogP contribution in [0.4, 0.5) is 0 Å². The molecule has 0 aromatic carbocycles. The van der Waals surface area contributed by atoms with E-state index in [1.54, 1.807) is 0 Å². The second-order valence-corrected chi connectivity index (χ2v) is 7.24. The van der Waals surface area contributed by atoms with Gasteiger partial charge in [0.05, 0.1) is 5.16 Å². The van der Waals surface area contributed by atoms with Gasteiger partial charge in [0.1, 0.15) is 0 Å². The smallest absolute Gasteiger partial charge is 0.324 e. The second kappa shape index (κ2) is 17.7. The van der Waals surface area contributed by atoms with Crippen LogP contribution in [0.25, 0.3) is 0 Å². The molecule has 0 rings (SSSR count). The minimum absolute atomic E-state index is 0. The summed E-state index contributed by atoms with van der Waals surface area (Å²) in [6.07, 6.45) is 7.44. The van der Waals surface area contributed by atoms with Gasteiger partial charge in [-0.3, -0.25) is 4.57 Å². The first-order chi connectivity index (χ1) is 7.99. The molecule has 0 aromatic heterocycles. The highest BCUT2D eigenvalue weighted by Crippen LogP contribution is 2.61. The fourth-order valence-corrected chi connectivity index (χ4v) is 4.24. The van der Waals surface area contributed by atoms with E-state index in [4.69, 9.17) is 4.52 Å². The van der Waals surface area contributed by atoms with Crippen molar-refractivity contribution >= 4 is 57.2 Å². The molecule has 0 aliphatic heterocycles. The highest BCUT2D eigenvalue weighted by Gasteiger charge is 2.46. The van der Waals surface area contributed by atoms with Gasteiger partial charge in [0.25, 0.3) is 0 Å². The molecule has 0 spiro atoms. The predicted molar refractivity (Wildman–Crippen MR) is 103 cm³/mol. The van der Waals surface area contributed by atoms with E-state index >= 15 is 0 Å². The van der Waals surface area contributed by atoms with Crippen molar-refractivity contribution in [2.45, 2.75) is 77.3 Å². The van der Waals surface area contributed by atoms with Gasteiger partial charge in [-0.05, 0) is 19.3 Å². The zero-order valence-electron chi connectivity index (χ0n) is 13.5. The van der Waals surface area contributed by atoms with E-state index in [2.05, 4.69) is 20.8 Å². The normalized spacial score (nSPS) is 12.8. The molecule has 1 atom stereocenters. The molecular formula is C13H33Cl4O3P. The molecule has 0 aliphatic rings. The zero-order chi connectivity index (χ0) is 13.4. The van der Waals surface area contributed by atoms with Crippen molar-refractivity contribution in [1.82, 2.24) is 0 Å². The topological polar surface area (TPSA) is 46.5 Å². The summed E-state index contributed by atoms with van der Waals surface area (Å²) in [6, 6.07) is 0. The number of hydrogen-bond donors (Lipinski definition) is 1. The molecule has 136 valence electrons. The fraction of sp³-hybridized carbons (Fsp3) is 1.00. The first kappa shape index (κ1) is 33.8. The zero-order valence-corrected chi connectivity index (χ0v) is 17.7. The van der Waals surface area contributed by atoms with Crippen LogP contribution in [0.3, 0.4) is 0 Å². The molecule has 0 saturated heterocycles. The lowest BCUT2D eigenvalue weighted by atomic mass is 9.90. The van der Waals surface area contributed by atoms with Crippen LogP contribution >= 0.6 is 57.2 Å². The first-order valence-corrected chi connectivity index (χ1v) is 8.46. The van der Waals surface area contributed by atoms with Crippen LogP contribution in [0, 0.1) is 0 Å². The third kappa shape index (κ3) is 10.7. The molecule has 0 aliphatic carbocycles. The average Bonchev–Trinajstić information content (AvgIpc) is 2.32. The van der Waals surface area contributed by atoms with Crippen LogP contribution in [-0.4, -0.2) is 17.2 Å². The number of halogens is 4. The van der Waals surface area contributed by atoms with E-state index in [0.29, 0.717) is 0 Å². The quantitative estimate of drug-likeness (QED) is 0.423. The van der Waals surface area contributed by atoms with Gasteiger partial charge in [-0.25, -0.2) is 0 Å². The summed E-state index contributed by atoms with van der Waals surface area (Å²) in [7, 11) is -2.13. The third-order valence-corrected chi connectivity index (χ3v) is 5.92. The first-order valence-electron chi connectivity index (χ1n) is 6.88. The third-order valence-electron chi connectivity index (χ3n) is 3.55. The van der Waals surface area contributed by atoms with Crippen molar-refractivity contribution in [2.75, 3.05) is 7.11 Å². The maximum Gasteiger partial charge on any atom is 0.333 e. The largest absolute Gasteiger partial charge is 0.333 e. The Bertz CT molecular complexity index is 248. The van der Waals surface area contributed by atoms with Crippen LogP contribution in [0.1, 0.15) is 72.1 Å². The minimum atomic E-state index is -3.49. The van der Waals surface area contributed by atoms with E-state index in [0.717, 1.165) is 51.4 Å². The maximum absolute atomic E-state index is 12.3. The van der Waals surface area contributed by atoms with Crippen molar-refractivity contribution in [2.24, 2.45) is 0 Å². The van der Waals surface area contributed by atoms with Gasteiger partial charge in [-0.2, -0.15) is 0 Å². The number of hydrogen-bond acceptors (Lipinski definition) is 2. The highest BCUT2D eigenvalue weighted by molar-refractivity contribution is 7.54. The molecule has 3 nitrogen and oxygen atoms in total. The average molecular weight is 410 g/mol. The van der Waals surface area contributed by atoms with Gasteiger partial charge in [0.2, 0.25) is 0 Å². The molecule has 21 heavy (non-hydrogen) atoms. The van der Waals surface area contributed by atoms with E-state index < -0.39 is 12.8 Å². The second-order valence-electron chi connectivity index (χ2n) is 4.88. The molecule has 1 N–H and O–H groups in total. The van der Waals surface area contributed by atoms with Crippen LogP contribution < -0.4 is 0 Å². The molecule has 0 heterocycles. The Morgan fingerprint density at radius 2 is 1.24 bits per heavy atom. The van der Waals surface area contributed by atoms with Gasteiger partial charge >= 0.3 is 7.60 Å². The van der Waals surface area contributed by atoms with Crippen LogP contribution in [-0.2, 0) is 9.09 Å². The Morgan fingerprint density at radius 1 is 0.857 bits per heavy atom. The highest BCUT2D eigenvalue weighted by atomic mass is 35.5. The number of rotatable bonds is 10. The summed E-state index contributed by atoms with van der Waals surface area (Å²) in [5, 5.41) is -0.511. The van der Waals surface area contributed by atoms with Crippen molar-refractivity contribution in [3.8, 4) is 0 Å². The lowest BCUT2D eigenvalue weighted by Gasteiger charge is -2.36. The van der Waals surface area contributed by atoms with E-state index in [-0.39, 0.29) is 49.6 Å². The molecule has 1 unspecified atom stereocenters. The van der Waals surface area contributed by atoms with E-state index in [9.17, 15) is 9.46 Å². The maximum atomic E-state index is 12.3. The standard InChI is InChI=1S/C13H29O3P.4ClH/c1-5-8-11-13(10-7-3,12-9-6-2)17(14,15)16-4;;;;/h5-12H2,1-4H3,(H,14,15);4*1H. The minimum Gasteiger partial charge on any atom is -0.324 e. The summed E-state index contributed by atoms with van der Waals surface area (Å²) in [4.78, 5) is 10.2. The van der Waals surface area contributed by atoms with Gasteiger partial charge < -0.3 is 9.42 Å². The molecule has 8 heteroatoms. The molecule has 0 radical (unpaired) electrons. The van der Waals surface area contributed by atoms with Crippen molar-refractivity contribution < 1.29 is 14.0 Å². The number of unbranched alkanes of at least 4 members (excludes halogenated alkanes) is 2. The summed E-state index contributed by atoms with van der Waals surface area (Å²) in [5.74, 6) is 0. The molecule has 0 aromatic rings. The lowest BCUT2D eigenvalue weighted by Crippen LogP contribution is -2.29. The summed E-state index contributed by atoms with van der Waals surface area (Å²) in [6.45, 7) is 6.31. The van der Waals surface area contributed by atoms with Gasteiger partial charge in [0.15, 0.2) is 0 Å². The van der Waals surface area contributed by atoms with Crippen molar-refractivity contribution in [1.29, 1.82) is 0 Å². The summed E-state index contributed by atoms with van der Waals surface area (Å²) >= 11 is 0. The molecule has 0 saturated carbocycles. The van der Waals surface area contributed by atoms with Gasteiger partial charge in [0, 0.05) is 7.11 Å². The Kier molecular flexibility index (Phi) is 28.4. The summed E-state index contributed by atoms with van der Waals surface area (Å²) < 4.78 is 17.3. The Hall–Kier alpha value is 1.31. The molecule has 0 bridgehead atoms. The molecule has 0 amide bonds. The van der Waals surface area contributed by atoms with Crippen LogP contribution in [0.15, 0.2) is 0 Å².